The highest BCUT2D eigenvalue weighted by atomic mass is 79.9. The lowest BCUT2D eigenvalue weighted by atomic mass is 10.2. The van der Waals surface area contributed by atoms with E-state index in [2.05, 4.69) is 31.8 Å². The van der Waals surface area contributed by atoms with Crippen LogP contribution in [0.2, 0.25) is 0 Å². The fraction of sp³-hybridized carbons (Fsp3) is 0.263. The van der Waals surface area contributed by atoms with Gasteiger partial charge in [0.2, 0.25) is 0 Å². The largest absolute Gasteiger partial charge is 0.493 e. The van der Waals surface area contributed by atoms with Crippen molar-refractivity contribution in [2.24, 2.45) is 5.10 Å². The standard InChI is InChI=1S/C19H22BrN3O3/c1-4-16(22-15-7-5-6-14(20)11-15)19(24)23-21-12-13-8-9-17(25-2)18(10-13)26-3/h5-12,16,22H,4H2,1-3H3,(H,23,24)/t16-/m0/s1. The first-order chi connectivity index (χ1) is 12.6. The summed E-state index contributed by atoms with van der Waals surface area (Å²) in [7, 11) is 3.15. The van der Waals surface area contributed by atoms with Crippen molar-refractivity contribution in [2.75, 3.05) is 19.5 Å². The van der Waals surface area contributed by atoms with E-state index in [-0.39, 0.29) is 11.9 Å². The molecule has 2 N–H and O–H groups in total. The minimum Gasteiger partial charge on any atom is -0.493 e. The van der Waals surface area contributed by atoms with E-state index in [9.17, 15) is 4.79 Å². The summed E-state index contributed by atoms with van der Waals surface area (Å²) >= 11 is 3.42. The molecule has 0 aliphatic heterocycles. The molecule has 0 fully saturated rings. The van der Waals surface area contributed by atoms with E-state index in [4.69, 9.17) is 9.47 Å². The third-order valence-corrected chi connectivity index (χ3v) is 4.18. The van der Waals surface area contributed by atoms with Gasteiger partial charge in [-0.2, -0.15) is 5.10 Å². The summed E-state index contributed by atoms with van der Waals surface area (Å²) in [6.07, 6.45) is 2.19. The molecule has 0 spiro atoms. The van der Waals surface area contributed by atoms with Crippen LogP contribution >= 0.6 is 15.9 Å². The van der Waals surface area contributed by atoms with Crippen molar-refractivity contribution < 1.29 is 14.3 Å². The Bertz CT molecular complexity index is 780. The minimum absolute atomic E-state index is 0.204. The topological polar surface area (TPSA) is 72.0 Å². The number of anilines is 1. The third-order valence-electron chi connectivity index (χ3n) is 3.69. The zero-order valence-electron chi connectivity index (χ0n) is 15.0. The minimum atomic E-state index is -0.383. The Kier molecular flexibility index (Phi) is 7.47. The van der Waals surface area contributed by atoms with E-state index >= 15 is 0 Å². The van der Waals surface area contributed by atoms with Gasteiger partial charge in [0.05, 0.1) is 20.4 Å². The van der Waals surface area contributed by atoms with Gasteiger partial charge < -0.3 is 14.8 Å². The predicted molar refractivity (Wildman–Crippen MR) is 107 cm³/mol. The molecule has 0 saturated carbocycles. The van der Waals surface area contributed by atoms with Crippen molar-refractivity contribution in [2.45, 2.75) is 19.4 Å². The number of hydrazone groups is 1. The van der Waals surface area contributed by atoms with Gasteiger partial charge in [-0.3, -0.25) is 4.79 Å². The second kappa shape index (κ2) is 9.82. The number of methoxy groups -OCH3 is 2. The highest BCUT2D eigenvalue weighted by Gasteiger charge is 2.15. The average molecular weight is 420 g/mol. The molecule has 0 unspecified atom stereocenters. The van der Waals surface area contributed by atoms with Gasteiger partial charge in [0, 0.05) is 10.2 Å². The lowest BCUT2D eigenvalue weighted by Crippen LogP contribution is -2.36. The molecule has 6 nitrogen and oxygen atoms in total. The molecule has 1 amide bonds. The molecule has 0 aliphatic carbocycles. The van der Waals surface area contributed by atoms with Crippen LogP contribution in [0.3, 0.4) is 0 Å². The number of nitrogens with one attached hydrogen (secondary N) is 2. The lowest BCUT2D eigenvalue weighted by Gasteiger charge is -2.16. The number of hydrogen-bond acceptors (Lipinski definition) is 5. The second-order valence-electron chi connectivity index (χ2n) is 5.46. The number of benzene rings is 2. The Morgan fingerprint density at radius 1 is 1.19 bits per heavy atom. The maximum Gasteiger partial charge on any atom is 0.262 e. The number of halogens is 1. The highest BCUT2D eigenvalue weighted by Crippen LogP contribution is 2.26. The molecule has 0 saturated heterocycles. The Labute approximate surface area is 161 Å². The van der Waals surface area contributed by atoms with Crippen LogP contribution in [-0.2, 0) is 4.79 Å². The van der Waals surface area contributed by atoms with Crippen LogP contribution in [0.1, 0.15) is 18.9 Å². The van der Waals surface area contributed by atoms with Crippen LogP contribution in [0.25, 0.3) is 0 Å². The van der Waals surface area contributed by atoms with Gasteiger partial charge in [-0.1, -0.05) is 28.9 Å². The number of amides is 1. The fourth-order valence-electron chi connectivity index (χ4n) is 2.31. The van der Waals surface area contributed by atoms with Crippen molar-refractivity contribution in [3.05, 3.63) is 52.5 Å². The second-order valence-corrected chi connectivity index (χ2v) is 6.38. The molecule has 0 aromatic heterocycles. The summed E-state index contributed by atoms with van der Waals surface area (Å²) in [6, 6.07) is 12.7. The first kappa shape index (κ1) is 19.8. The quantitative estimate of drug-likeness (QED) is 0.503. The molecule has 7 heteroatoms. The first-order valence-electron chi connectivity index (χ1n) is 8.14. The van der Waals surface area contributed by atoms with Crippen LogP contribution < -0.4 is 20.2 Å². The van der Waals surface area contributed by atoms with E-state index in [0.717, 1.165) is 15.7 Å². The zero-order chi connectivity index (χ0) is 18.9. The number of carbonyl (C=O) groups excluding carboxylic acids is 1. The van der Waals surface area contributed by atoms with E-state index in [1.165, 1.54) is 0 Å². The van der Waals surface area contributed by atoms with E-state index in [0.29, 0.717) is 17.9 Å². The normalized spacial score (nSPS) is 11.8. The van der Waals surface area contributed by atoms with Gasteiger partial charge in [0.1, 0.15) is 6.04 Å². The van der Waals surface area contributed by atoms with Crippen molar-refractivity contribution >= 4 is 33.7 Å². The van der Waals surface area contributed by atoms with Crippen molar-refractivity contribution in [1.29, 1.82) is 0 Å². The molecular weight excluding hydrogens is 398 g/mol. The van der Waals surface area contributed by atoms with Gasteiger partial charge in [-0.25, -0.2) is 5.43 Å². The van der Waals surface area contributed by atoms with Crippen LogP contribution in [0.5, 0.6) is 11.5 Å². The summed E-state index contributed by atoms with van der Waals surface area (Å²) in [4.78, 5) is 12.3. The van der Waals surface area contributed by atoms with Gasteiger partial charge in [0.15, 0.2) is 11.5 Å². The van der Waals surface area contributed by atoms with Crippen LogP contribution in [0, 0.1) is 0 Å². The molecule has 138 valence electrons. The van der Waals surface area contributed by atoms with Crippen molar-refractivity contribution in [1.82, 2.24) is 5.43 Å². The molecule has 0 bridgehead atoms. The Morgan fingerprint density at radius 2 is 1.96 bits per heavy atom. The lowest BCUT2D eigenvalue weighted by molar-refractivity contribution is -0.121. The maximum absolute atomic E-state index is 12.3. The average Bonchev–Trinajstić information content (AvgIpc) is 2.65. The fourth-order valence-corrected chi connectivity index (χ4v) is 2.71. The highest BCUT2D eigenvalue weighted by molar-refractivity contribution is 9.10. The molecule has 1 atom stereocenters. The number of nitrogens with zero attached hydrogens (tertiary/aromatic N) is 1. The zero-order valence-corrected chi connectivity index (χ0v) is 16.5. The van der Waals surface area contributed by atoms with Gasteiger partial charge in [-0.15, -0.1) is 0 Å². The number of carbonyl (C=O) groups is 1. The molecular formula is C19H22BrN3O3. The predicted octanol–water partition coefficient (Wildman–Crippen LogP) is 3.81. The summed E-state index contributed by atoms with van der Waals surface area (Å²) in [6.45, 7) is 1.94. The molecule has 26 heavy (non-hydrogen) atoms. The van der Waals surface area contributed by atoms with E-state index < -0.39 is 0 Å². The molecule has 2 aromatic carbocycles. The number of ether oxygens (including phenoxy) is 2. The molecule has 0 aliphatic rings. The van der Waals surface area contributed by atoms with Crippen molar-refractivity contribution in [3.63, 3.8) is 0 Å². The summed E-state index contributed by atoms with van der Waals surface area (Å²) in [5.41, 5.74) is 4.22. The third kappa shape index (κ3) is 5.49. The Balaban J connectivity index is 1.98. The Morgan fingerprint density at radius 3 is 2.62 bits per heavy atom. The smallest absolute Gasteiger partial charge is 0.262 e. The molecule has 0 radical (unpaired) electrons. The van der Waals surface area contributed by atoms with E-state index in [1.54, 1.807) is 32.6 Å². The van der Waals surface area contributed by atoms with Gasteiger partial charge in [-0.05, 0) is 48.4 Å². The van der Waals surface area contributed by atoms with Gasteiger partial charge in [0.25, 0.3) is 5.91 Å². The summed E-state index contributed by atoms with van der Waals surface area (Å²) < 4.78 is 11.4. The monoisotopic (exact) mass is 419 g/mol. The Hall–Kier alpha value is -2.54. The SMILES string of the molecule is CC[C@H](Nc1cccc(Br)c1)C(=O)NN=Cc1ccc(OC)c(OC)c1. The molecule has 0 heterocycles. The van der Waals surface area contributed by atoms with Crippen LogP contribution in [0.15, 0.2) is 52.0 Å². The van der Waals surface area contributed by atoms with Crippen LogP contribution in [0.4, 0.5) is 5.69 Å². The summed E-state index contributed by atoms with van der Waals surface area (Å²) in [5.74, 6) is 1.03. The van der Waals surface area contributed by atoms with Crippen molar-refractivity contribution in [3.8, 4) is 11.5 Å². The maximum atomic E-state index is 12.3. The number of hydrogen-bond donors (Lipinski definition) is 2. The van der Waals surface area contributed by atoms with Crippen LogP contribution in [-0.4, -0.2) is 32.4 Å². The summed E-state index contributed by atoms with van der Waals surface area (Å²) in [5, 5.41) is 7.23. The molecule has 2 rings (SSSR count). The van der Waals surface area contributed by atoms with E-state index in [1.807, 2.05) is 37.3 Å². The molecule has 2 aromatic rings. The first-order valence-corrected chi connectivity index (χ1v) is 8.93. The van der Waals surface area contributed by atoms with Gasteiger partial charge >= 0.3 is 0 Å². The number of rotatable bonds is 8.